The molecule has 0 saturated carbocycles. The number of terminal acetylenes is 1. The van der Waals surface area contributed by atoms with Gasteiger partial charge in [0, 0.05) is 51.4 Å². The highest BCUT2D eigenvalue weighted by molar-refractivity contribution is 7.92. The second-order valence-corrected chi connectivity index (χ2v) is 8.05. The van der Waals surface area contributed by atoms with Gasteiger partial charge in [0.25, 0.3) is 10.0 Å². The smallest absolute Gasteiger partial charge is 0.263 e. The number of halogens is 2. The van der Waals surface area contributed by atoms with Crippen molar-refractivity contribution in [1.82, 2.24) is 9.88 Å². The van der Waals surface area contributed by atoms with Crippen LogP contribution in [0.15, 0.2) is 41.4 Å². The van der Waals surface area contributed by atoms with E-state index in [4.69, 9.17) is 6.42 Å². The second kappa shape index (κ2) is 8.54. The zero-order chi connectivity index (χ0) is 20.1. The fraction of sp³-hybridized carbons (Fsp3) is 0.316. The summed E-state index contributed by atoms with van der Waals surface area (Å²) in [5, 5.41) is 0. The Hall–Kier alpha value is -2.70. The van der Waals surface area contributed by atoms with Crippen LogP contribution in [0.25, 0.3) is 0 Å². The van der Waals surface area contributed by atoms with Gasteiger partial charge < -0.3 is 4.90 Å². The molecule has 1 aromatic heterocycles. The predicted molar refractivity (Wildman–Crippen MR) is 104 cm³/mol. The summed E-state index contributed by atoms with van der Waals surface area (Å²) in [6, 6.07) is 5.87. The van der Waals surface area contributed by atoms with Gasteiger partial charge in [0.15, 0.2) is 11.6 Å². The Morgan fingerprint density at radius 2 is 1.86 bits per heavy atom. The standard InChI is InChI=1S/C19H20F2N4O2S/c1-2-3-8-24-9-11-25(12-10-24)19-7-5-16(14-22-19)28(26,27)23-15-4-6-17(20)18(21)13-15/h1,4-7,13-14,23H,3,8-12H2. The topological polar surface area (TPSA) is 65.5 Å². The Morgan fingerprint density at radius 3 is 2.46 bits per heavy atom. The molecule has 0 aliphatic carbocycles. The third kappa shape index (κ3) is 4.77. The first kappa shape index (κ1) is 20.0. The van der Waals surface area contributed by atoms with Gasteiger partial charge in [0.05, 0.1) is 5.69 Å². The molecule has 1 N–H and O–H groups in total. The number of anilines is 2. The number of rotatable bonds is 6. The Kier molecular flexibility index (Phi) is 6.11. The van der Waals surface area contributed by atoms with Crippen LogP contribution in [0.2, 0.25) is 0 Å². The fourth-order valence-corrected chi connectivity index (χ4v) is 3.91. The number of hydrogen-bond acceptors (Lipinski definition) is 5. The molecule has 1 aliphatic rings. The minimum absolute atomic E-state index is 0.0614. The van der Waals surface area contributed by atoms with Crippen molar-refractivity contribution in [2.75, 3.05) is 42.3 Å². The number of benzene rings is 1. The average molecular weight is 406 g/mol. The predicted octanol–water partition coefficient (Wildman–Crippen LogP) is 2.31. The van der Waals surface area contributed by atoms with Crippen LogP contribution < -0.4 is 9.62 Å². The van der Waals surface area contributed by atoms with Crippen molar-refractivity contribution in [3.8, 4) is 12.3 Å². The van der Waals surface area contributed by atoms with E-state index in [1.807, 2.05) is 0 Å². The van der Waals surface area contributed by atoms with Crippen molar-refractivity contribution < 1.29 is 17.2 Å². The lowest BCUT2D eigenvalue weighted by Gasteiger charge is -2.35. The van der Waals surface area contributed by atoms with Gasteiger partial charge in [-0.15, -0.1) is 12.3 Å². The molecule has 3 rings (SSSR count). The molecule has 1 fully saturated rings. The van der Waals surface area contributed by atoms with E-state index in [0.29, 0.717) is 5.82 Å². The molecule has 0 bridgehead atoms. The highest BCUT2D eigenvalue weighted by Crippen LogP contribution is 2.20. The maximum absolute atomic E-state index is 13.3. The molecule has 2 heterocycles. The number of pyridine rings is 1. The number of sulfonamides is 1. The highest BCUT2D eigenvalue weighted by atomic mass is 32.2. The fourth-order valence-electron chi connectivity index (χ4n) is 2.92. The van der Waals surface area contributed by atoms with E-state index < -0.39 is 21.7 Å². The van der Waals surface area contributed by atoms with Crippen molar-refractivity contribution in [2.45, 2.75) is 11.3 Å². The summed E-state index contributed by atoms with van der Waals surface area (Å²) in [5.41, 5.74) is -0.0638. The first-order valence-corrected chi connectivity index (χ1v) is 10.2. The molecule has 1 aliphatic heterocycles. The van der Waals surface area contributed by atoms with E-state index in [1.54, 1.807) is 6.07 Å². The number of nitrogens with zero attached hydrogens (tertiary/aromatic N) is 3. The Balaban J connectivity index is 1.65. The van der Waals surface area contributed by atoms with Crippen molar-refractivity contribution in [1.29, 1.82) is 0 Å². The lowest BCUT2D eigenvalue weighted by atomic mass is 10.3. The quantitative estimate of drug-likeness (QED) is 0.746. The Morgan fingerprint density at radius 1 is 1.11 bits per heavy atom. The zero-order valence-electron chi connectivity index (χ0n) is 15.1. The SMILES string of the molecule is C#CCCN1CCN(c2ccc(S(=O)(=O)Nc3ccc(F)c(F)c3)cn2)CC1. The lowest BCUT2D eigenvalue weighted by molar-refractivity contribution is 0.263. The second-order valence-electron chi connectivity index (χ2n) is 6.37. The average Bonchev–Trinajstić information content (AvgIpc) is 2.69. The van der Waals surface area contributed by atoms with Gasteiger partial charge in [-0.1, -0.05) is 0 Å². The van der Waals surface area contributed by atoms with Crippen LogP contribution in [-0.4, -0.2) is 51.0 Å². The van der Waals surface area contributed by atoms with Crippen LogP contribution in [0.5, 0.6) is 0 Å². The molecule has 1 saturated heterocycles. The van der Waals surface area contributed by atoms with Gasteiger partial charge in [-0.2, -0.15) is 0 Å². The van der Waals surface area contributed by atoms with E-state index in [2.05, 4.69) is 25.4 Å². The molecule has 0 unspecified atom stereocenters. The van der Waals surface area contributed by atoms with E-state index in [0.717, 1.165) is 57.3 Å². The Bertz CT molecular complexity index is 966. The molecule has 9 heteroatoms. The summed E-state index contributed by atoms with van der Waals surface area (Å²) < 4.78 is 53.3. The van der Waals surface area contributed by atoms with Crippen LogP contribution in [0.4, 0.5) is 20.3 Å². The maximum Gasteiger partial charge on any atom is 0.263 e. The largest absolute Gasteiger partial charge is 0.354 e. The third-order valence-corrected chi connectivity index (χ3v) is 5.84. The van der Waals surface area contributed by atoms with E-state index in [1.165, 1.54) is 12.3 Å². The first-order chi connectivity index (χ1) is 13.4. The van der Waals surface area contributed by atoms with Crippen molar-refractivity contribution >= 4 is 21.5 Å². The molecular weight excluding hydrogens is 386 g/mol. The van der Waals surface area contributed by atoms with Crippen molar-refractivity contribution in [2.24, 2.45) is 0 Å². The molecule has 0 atom stereocenters. The van der Waals surface area contributed by atoms with Gasteiger partial charge in [-0.05, 0) is 24.3 Å². The van der Waals surface area contributed by atoms with Crippen LogP contribution in [-0.2, 0) is 10.0 Å². The van der Waals surface area contributed by atoms with Gasteiger partial charge in [-0.3, -0.25) is 9.62 Å². The van der Waals surface area contributed by atoms with Crippen LogP contribution >= 0.6 is 0 Å². The minimum atomic E-state index is -3.96. The molecule has 6 nitrogen and oxygen atoms in total. The van der Waals surface area contributed by atoms with E-state index in [9.17, 15) is 17.2 Å². The third-order valence-electron chi connectivity index (χ3n) is 4.47. The van der Waals surface area contributed by atoms with Gasteiger partial charge in [0.2, 0.25) is 0 Å². The molecule has 0 spiro atoms. The van der Waals surface area contributed by atoms with Crippen LogP contribution in [0, 0.1) is 24.0 Å². The number of hydrogen-bond donors (Lipinski definition) is 1. The van der Waals surface area contributed by atoms with E-state index >= 15 is 0 Å². The van der Waals surface area contributed by atoms with Gasteiger partial charge in [0.1, 0.15) is 10.7 Å². The molecule has 0 amide bonds. The van der Waals surface area contributed by atoms with Crippen LogP contribution in [0.3, 0.4) is 0 Å². The molecule has 1 aromatic carbocycles. The normalized spacial score (nSPS) is 15.2. The van der Waals surface area contributed by atoms with Crippen LogP contribution in [0.1, 0.15) is 6.42 Å². The monoisotopic (exact) mass is 406 g/mol. The molecule has 0 radical (unpaired) electrons. The summed E-state index contributed by atoms with van der Waals surface area (Å²) in [6.45, 7) is 4.14. The number of aromatic nitrogens is 1. The van der Waals surface area contributed by atoms with Gasteiger partial charge >= 0.3 is 0 Å². The number of nitrogens with one attached hydrogen (secondary N) is 1. The molecule has 2 aromatic rings. The Labute approximate surface area is 163 Å². The van der Waals surface area contributed by atoms with E-state index in [-0.39, 0.29) is 10.6 Å². The van der Waals surface area contributed by atoms with Crippen molar-refractivity contribution in [3.05, 3.63) is 48.2 Å². The summed E-state index contributed by atoms with van der Waals surface area (Å²) in [5.74, 6) is 1.14. The molecular formula is C19H20F2N4O2S. The first-order valence-electron chi connectivity index (χ1n) is 8.74. The molecule has 148 valence electrons. The summed E-state index contributed by atoms with van der Waals surface area (Å²) in [6.07, 6.45) is 7.26. The summed E-state index contributed by atoms with van der Waals surface area (Å²) >= 11 is 0. The zero-order valence-corrected chi connectivity index (χ0v) is 15.9. The summed E-state index contributed by atoms with van der Waals surface area (Å²) in [4.78, 5) is 8.54. The maximum atomic E-state index is 13.3. The van der Waals surface area contributed by atoms with Crippen molar-refractivity contribution in [3.63, 3.8) is 0 Å². The van der Waals surface area contributed by atoms with Gasteiger partial charge in [-0.25, -0.2) is 22.2 Å². The summed E-state index contributed by atoms with van der Waals surface area (Å²) in [7, 11) is -3.96. The lowest BCUT2D eigenvalue weighted by Crippen LogP contribution is -2.46. The number of piperazine rings is 1. The minimum Gasteiger partial charge on any atom is -0.354 e. The highest BCUT2D eigenvalue weighted by Gasteiger charge is 2.20. The molecule has 28 heavy (non-hydrogen) atoms.